The highest BCUT2D eigenvalue weighted by molar-refractivity contribution is 9.15. The molecule has 0 radical (unpaired) electrons. The molecule has 1 aliphatic carbocycles. The summed E-state index contributed by atoms with van der Waals surface area (Å²) in [4.78, 5) is 4.57. The molecule has 0 N–H and O–H groups in total. The molecule has 17 heavy (non-hydrogen) atoms. The third-order valence-electron chi connectivity index (χ3n) is 2.82. The van der Waals surface area contributed by atoms with Crippen molar-refractivity contribution in [2.75, 3.05) is 7.11 Å². The van der Waals surface area contributed by atoms with Gasteiger partial charge in [0.05, 0.1) is 12.8 Å². The fourth-order valence-corrected chi connectivity index (χ4v) is 2.58. The number of methoxy groups -OCH3 is 1. The Morgan fingerprint density at radius 1 is 1.47 bits per heavy atom. The molecule has 1 aromatic heterocycles. The SMILES string of the molecule is COc1nc(/C(Br)=C/C(C)C)ccc1C1CC1. The highest BCUT2D eigenvalue weighted by Crippen LogP contribution is 2.44. The number of ether oxygens (including phenoxy) is 1. The van der Waals surface area contributed by atoms with E-state index in [1.165, 1.54) is 18.4 Å². The third kappa shape index (κ3) is 3.09. The van der Waals surface area contributed by atoms with Gasteiger partial charge < -0.3 is 4.74 Å². The van der Waals surface area contributed by atoms with E-state index >= 15 is 0 Å². The lowest BCUT2D eigenvalue weighted by Crippen LogP contribution is -1.96. The van der Waals surface area contributed by atoms with E-state index in [4.69, 9.17) is 4.74 Å². The zero-order valence-corrected chi connectivity index (χ0v) is 12.1. The third-order valence-corrected chi connectivity index (χ3v) is 3.50. The summed E-state index contributed by atoms with van der Waals surface area (Å²) in [5, 5.41) is 0. The highest BCUT2D eigenvalue weighted by atomic mass is 79.9. The first-order valence-corrected chi connectivity index (χ1v) is 6.83. The topological polar surface area (TPSA) is 22.1 Å². The van der Waals surface area contributed by atoms with Crippen molar-refractivity contribution < 1.29 is 4.74 Å². The molecule has 2 nitrogen and oxygen atoms in total. The van der Waals surface area contributed by atoms with E-state index in [2.05, 4.69) is 53.0 Å². The second-order valence-corrected chi connectivity index (χ2v) is 5.68. The summed E-state index contributed by atoms with van der Waals surface area (Å²) in [5.41, 5.74) is 2.20. The van der Waals surface area contributed by atoms with Crippen LogP contribution in [0.3, 0.4) is 0 Å². The normalized spacial score (nSPS) is 16.4. The van der Waals surface area contributed by atoms with Crippen molar-refractivity contribution in [1.29, 1.82) is 0 Å². The van der Waals surface area contributed by atoms with Crippen molar-refractivity contribution in [3.63, 3.8) is 0 Å². The van der Waals surface area contributed by atoms with E-state index in [-0.39, 0.29) is 0 Å². The van der Waals surface area contributed by atoms with Gasteiger partial charge in [-0.25, -0.2) is 4.98 Å². The minimum absolute atomic E-state index is 0.500. The number of rotatable bonds is 4. The number of halogens is 1. The van der Waals surface area contributed by atoms with Crippen LogP contribution in [0.25, 0.3) is 4.48 Å². The van der Waals surface area contributed by atoms with Crippen LogP contribution < -0.4 is 4.74 Å². The first kappa shape index (κ1) is 12.6. The van der Waals surface area contributed by atoms with Gasteiger partial charge in [0.15, 0.2) is 0 Å². The van der Waals surface area contributed by atoms with Crippen LogP contribution in [0.5, 0.6) is 5.88 Å². The van der Waals surface area contributed by atoms with Crippen molar-refractivity contribution in [2.24, 2.45) is 5.92 Å². The molecule has 3 heteroatoms. The van der Waals surface area contributed by atoms with Crippen LogP contribution in [-0.2, 0) is 0 Å². The van der Waals surface area contributed by atoms with Crippen LogP contribution in [0.4, 0.5) is 0 Å². The van der Waals surface area contributed by atoms with E-state index in [1.807, 2.05) is 0 Å². The van der Waals surface area contributed by atoms with E-state index in [9.17, 15) is 0 Å². The lowest BCUT2D eigenvalue weighted by molar-refractivity contribution is 0.392. The van der Waals surface area contributed by atoms with Gasteiger partial charge in [-0.1, -0.05) is 26.0 Å². The predicted octanol–water partition coefficient (Wildman–Crippen LogP) is 4.36. The molecular weight excluding hydrogens is 278 g/mol. The number of aromatic nitrogens is 1. The van der Waals surface area contributed by atoms with Gasteiger partial charge in [0.2, 0.25) is 5.88 Å². The Morgan fingerprint density at radius 2 is 2.18 bits per heavy atom. The summed E-state index contributed by atoms with van der Waals surface area (Å²) in [7, 11) is 1.69. The molecule has 0 atom stereocenters. The molecule has 0 aliphatic heterocycles. The Labute approximate surface area is 111 Å². The number of hydrogen-bond donors (Lipinski definition) is 0. The van der Waals surface area contributed by atoms with Crippen LogP contribution in [0.2, 0.25) is 0 Å². The molecule has 1 aliphatic rings. The van der Waals surface area contributed by atoms with Gasteiger partial charge in [-0.05, 0) is 46.7 Å². The molecule has 1 saturated carbocycles. The molecule has 1 heterocycles. The summed E-state index contributed by atoms with van der Waals surface area (Å²) in [6.07, 6.45) is 4.68. The van der Waals surface area contributed by atoms with Gasteiger partial charge >= 0.3 is 0 Å². The number of nitrogens with zero attached hydrogens (tertiary/aromatic N) is 1. The summed E-state index contributed by atoms with van der Waals surface area (Å²) < 4.78 is 6.42. The molecule has 0 bridgehead atoms. The van der Waals surface area contributed by atoms with Crippen LogP contribution in [-0.4, -0.2) is 12.1 Å². The van der Waals surface area contributed by atoms with Gasteiger partial charge in [0.25, 0.3) is 0 Å². The van der Waals surface area contributed by atoms with E-state index in [0.717, 1.165) is 16.1 Å². The Balaban J connectivity index is 2.30. The Hall–Kier alpha value is -0.830. The fourth-order valence-electron chi connectivity index (χ4n) is 1.83. The summed E-state index contributed by atoms with van der Waals surface area (Å²) in [5.74, 6) is 1.94. The van der Waals surface area contributed by atoms with Crippen LogP contribution in [0.15, 0.2) is 18.2 Å². The summed E-state index contributed by atoms with van der Waals surface area (Å²) >= 11 is 3.57. The number of pyridine rings is 1. The fraction of sp³-hybridized carbons (Fsp3) is 0.500. The van der Waals surface area contributed by atoms with Crippen molar-refractivity contribution in [3.05, 3.63) is 29.5 Å². The second kappa shape index (κ2) is 5.21. The van der Waals surface area contributed by atoms with Gasteiger partial charge in [-0.2, -0.15) is 0 Å². The Kier molecular flexibility index (Phi) is 3.87. The van der Waals surface area contributed by atoms with Gasteiger partial charge in [0, 0.05) is 10.0 Å². The number of hydrogen-bond acceptors (Lipinski definition) is 2. The van der Waals surface area contributed by atoms with E-state index in [1.54, 1.807) is 7.11 Å². The minimum Gasteiger partial charge on any atom is -0.481 e. The van der Waals surface area contributed by atoms with E-state index in [0.29, 0.717) is 11.8 Å². The first-order chi connectivity index (χ1) is 8.11. The molecule has 0 spiro atoms. The monoisotopic (exact) mass is 295 g/mol. The highest BCUT2D eigenvalue weighted by Gasteiger charge is 2.27. The summed E-state index contributed by atoms with van der Waals surface area (Å²) in [6.45, 7) is 4.30. The minimum atomic E-state index is 0.500. The lowest BCUT2D eigenvalue weighted by Gasteiger charge is -2.09. The molecule has 2 rings (SSSR count). The molecule has 0 saturated heterocycles. The van der Waals surface area contributed by atoms with Gasteiger partial charge in [-0.15, -0.1) is 0 Å². The Bertz CT molecular complexity index is 436. The quantitative estimate of drug-likeness (QED) is 0.823. The molecule has 1 aromatic rings. The average Bonchev–Trinajstić information content (AvgIpc) is 3.11. The molecule has 1 fully saturated rings. The predicted molar refractivity (Wildman–Crippen MR) is 74.5 cm³/mol. The smallest absolute Gasteiger partial charge is 0.217 e. The maximum atomic E-state index is 5.38. The summed E-state index contributed by atoms with van der Waals surface area (Å²) in [6, 6.07) is 4.22. The molecular formula is C14H18BrNO. The molecule has 0 aromatic carbocycles. The van der Waals surface area contributed by atoms with Crippen molar-refractivity contribution in [3.8, 4) is 5.88 Å². The zero-order valence-electron chi connectivity index (χ0n) is 10.5. The standard InChI is InChI=1S/C14H18BrNO/c1-9(2)8-12(15)13-7-6-11(10-4-5-10)14(16-13)17-3/h6-10H,4-5H2,1-3H3/b12-8-. The average molecular weight is 296 g/mol. The largest absolute Gasteiger partial charge is 0.481 e. The molecule has 0 amide bonds. The van der Waals surface area contributed by atoms with Crippen LogP contribution >= 0.6 is 15.9 Å². The van der Waals surface area contributed by atoms with Crippen LogP contribution in [0.1, 0.15) is 43.9 Å². The Morgan fingerprint density at radius 3 is 2.71 bits per heavy atom. The lowest BCUT2D eigenvalue weighted by atomic mass is 10.1. The van der Waals surface area contributed by atoms with Crippen LogP contribution in [0, 0.1) is 5.92 Å². The van der Waals surface area contributed by atoms with Crippen molar-refractivity contribution in [2.45, 2.75) is 32.6 Å². The maximum Gasteiger partial charge on any atom is 0.217 e. The first-order valence-electron chi connectivity index (χ1n) is 6.04. The van der Waals surface area contributed by atoms with Crippen molar-refractivity contribution >= 4 is 20.4 Å². The van der Waals surface area contributed by atoms with Gasteiger partial charge in [0.1, 0.15) is 0 Å². The number of allylic oxidation sites excluding steroid dienone is 1. The van der Waals surface area contributed by atoms with Crippen molar-refractivity contribution in [1.82, 2.24) is 4.98 Å². The maximum absolute atomic E-state index is 5.38. The van der Waals surface area contributed by atoms with E-state index < -0.39 is 0 Å². The zero-order chi connectivity index (χ0) is 12.4. The van der Waals surface area contributed by atoms with Gasteiger partial charge in [-0.3, -0.25) is 0 Å². The molecule has 0 unspecified atom stereocenters. The second-order valence-electron chi connectivity index (χ2n) is 4.83. The molecule has 92 valence electrons.